The number of alkyl halides is 4. The van der Waals surface area contributed by atoms with Crippen LogP contribution < -0.4 is 5.69 Å². The molecule has 1 unspecified atom stereocenters. The number of hydrogen-bond acceptors (Lipinski definition) is 3. The van der Waals surface area contributed by atoms with Gasteiger partial charge in [-0.1, -0.05) is 12.1 Å². The van der Waals surface area contributed by atoms with Gasteiger partial charge < -0.3 is 4.90 Å². The minimum Gasteiger partial charge on any atom is -0.335 e. The molecule has 1 fully saturated rings. The minimum atomic E-state index is -4.47. The van der Waals surface area contributed by atoms with Crippen LogP contribution in [0.2, 0.25) is 0 Å². The van der Waals surface area contributed by atoms with Gasteiger partial charge in [0.15, 0.2) is 0 Å². The Morgan fingerprint density at radius 3 is 2.68 bits per heavy atom. The van der Waals surface area contributed by atoms with E-state index in [-0.39, 0.29) is 25.5 Å². The lowest BCUT2D eigenvalue weighted by molar-refractivity contribution is -0.142. The normalized spacial score (nSPS) is 20.0. The number of rotatable bonds is 3. The minimum absolute atomic E-state index is 0.0256. The summed E-state index contributed by atoms with van der Waals surface area (Å²) in [6.07, 6.45) is -3.90. The zero-order valence-corrected chi connectivity index (χ0v) is 14.8. The van der Waals surface area contributed by atoms with E-state index in [0.717, 1.165) is 16.8 Å². The van der Waals surface area contributed by atoms with Crippen molar-refractivity contribution >= 4 is 5.91 Å². The van der Waals surface area contributed by atoms with E-state index in [4.69, 9.17) is 0 Å². The second kappa shape index (κ2) is 6.75. The molecule has 10 heteroatoms. The fraction of sp³-hybridized carbons (Fsp3) is 0.500. The number of carbonyl (C=O) groups excluding carboxylic acids is 1. The highest BCUT2D eigenvalue weighted by atomic mass is 19.4. The van der Waals surface area contributed by atoms with E-state index in [0.29, 0.717) is 30.7 Å². The third-order valence-electron chi connectivity index (χ3n) is 5.15. The topological polar surface area (TPSA) is 60.1 Å². The number of benzene rings is 1. The Balaban J connectivity index is 1.61. The number of hydrogen-bond donors (Lipinski definition) is 0. The van der Waals surface area contributed by atoms with Crippen molar-refractivity contribution in [3.8, 4) is 0 Å². The Morgan fingerprint density at radius 2 is 2.00 bits per heavy atom. The van der Waals surface area contributed by atoms with Crippen LogP contribution in [0.1, 0.15) is 35.8 Å². The van der Waals surface area contributed by atoms with Crippen LogP contribution in [0.15, 0.2) is 29.1 Å². The summed E-state index contributed by atoms with van der Waals surface area (Å²) in [7, 11) is 0. The molecule has 2 aliphatic heterocycles. The zero-order valence-electron chi connectivity index (χ0n) is 14.8. The van der Waals surface area contributed by atoms with E-state index in [2.05, 4.69) is 5.10 Å². The van der Waals surface area contributed by atoms with Gasteiger partial charge in [0.25, 0.3) is 0 Å². The molecule has 2 aliphatic rings. The first kappa shape index (κ1) is 18.7. The summed E-state index contributed by atoms with van der Waals surface area (Å²) < 4.78 is 54.2. The van der Waals surface area contributed by atoms with Crippen LogP contribution in [0, 0.1) is 0 Å². The van der Waals surface area contributed by atoms with Gasteiger partial charge in [0, 0.05) is 6.42 Å². The van der Waals surface area contributed by atoms with Crippen molar-refractivity contribution < 1.29 is 22.4 Å². The lowest BCUT2D eigenvalue weighted by Gasteiger charge is -2.37. The highest BCUT2D eigenvalue weighted by Crippen LogP contribution is 2.30. The molecule has 1 aromatic carbocycles. The highest BCUT2D eigenvalue weighted by molar-refractivity contribution is 5.81. The molecule has 0 bridgehead atoms. The largest absolute Gasteiger partial charge is 0.416 e. The Hall–Kier alpha value is -2.65. The van der Waals surface area contributed by atoms with Crippen LogP contribution in [0.25, 0.3) is 0 Å². The van der Waals surface area contributed by atoms with Crippen molar-refractivity contribution in [1.82, 2.24) is 19.2 Å². The SMILES string of the molecule is O=C(C1CCCc2nn(Cc3cccc(C(F)(F)F)c3)c(=O)n21)N1CC(F)C1. The molecule has 0 spiro atoms. The van der Waals surface area contributed by atoms with E-state index in [1.807, 2.05) is 0 Å². The lowest BCUT2D eigenvalue weighted by Crippen LogP contribution is -2.54. The summed E-state index contributed by atoms with van der Waals surface area (Å²) in [5, 5.41) is 4.23. The van der Waals surface area contributed by atoms with Gasteiger partial charge >= 0.3 is 11.9 Å². The average Bonchev–Trinajstić information content (AvgIpc) is 2.94. The summed E-state index contributed by atoms with van der Waals surface area (Å²) in [6.45, 7) is -0.0739. The number of aromatic nitrogens is 3. The van der Waals surface area contributed by atoms with Gasteiger partial charge in [-0.3, -0.25) is 9.36 Å². The van der Waals surface area contributed by atoms with Crippen LogP contribution >= 0.6 is 0 Å². The second-order valence-corrected chi connectivity index (χ2v) is 7.17. The predicted octanol–water partition coefficient (Wildman–Crippen LogP) is 2.17. The van der Waals surface area contributed by atoms with Gasteiger partial charge in [-0.15, -0.1) is 0 Å². The van der Waals surface area contributed by atoms with Crippen molar-refractivity contribution in [2.24, 2.45) is 0 Å². The fourth-order valence-electron chi connectivity index (χ4n) is 3.70. The first-order chi connectivity index (χ1) is 13.2. The van der Waals surface area contributed by atoms with Crippen molar-refractivity contribution in [3.05, 3.63) is 51.7 Å². The Labute approximate surface area is 157 Å². The molecule has 0 aliphatic carbocycles. The van der Waals surface area contributed by atoms with Crippen molar-refractivity contribution in [2.75, 3.05) is 13.1 Å². The Bertz CT molecular complexity index is 959. The molecule has 1 aromatic heterocycles. The number of aryl methyl sites for hydroxylation is 1. The van der Waals surface area contributed by atoms with Crippen molar-refractivity contribution in [3.63, 3.8) is 0 Å². The molecule has 3 heterocycles. The van der Waals surface area contributed by atoms with Crippen LogP contribution in [0.3, 0.4) is 0 Å². The molecule has 28 heavy (non-hydrogen) atoms. The summed E-state index contributed by atoms with van der Waals surface area (Å²) >= 11 is 0. The fourth-order valence-corrected chi connectivity index (χ4v) is 3.70. The standard InChI is InChI=1S/C18H18F4N4O2/c19-13-9-24(10-13)16(27)14-5-2-6-15-23-25(17(28)26(14)15)8-11-3-1-4-12(7-11)18(20,21)22/h1,3-4,7,13-14H,2,5-6,8-10H2. The summed E-state index contributed by atoms with van der Waals surface area (Å²) in [4.78, 5) is 26.8. The van der Waals surface area contributed by atoms with Gasteiger partial charge in [0.05, 0.1) is 25.2 Å². The van der Waals surface area contributed by atoms with E-state index in [9.17, 15) is 27.2 Å². The molecular formula is C18H18F4N4O2. The number of fused-ring (bicyclic) bond motifs is 1. The summed E-state index contributed by atoms with van der Waals surface area (Å²) in [6, 6.07) is 3.98. The van der Waals surface area contributed by atoms with E-state index in [1.54, 1.807) is 0 Å². The molecule has 0 radical (unpaired) electrons. The maximum absolute atomic E-state index is 13.1. The number of nitrogens with zero attached hydrogens (tertiary/aromatic N) is 4. The summed E-state index contributed by atoms with van der Waals surface area (Å²) in [5.41, 5.74) is -1.05. The summed E-state index contributed by atoms with van der Waals surface area (Å²) in [5.74, 6) is 0.120. The number of likely N-dealkylation sites (tertiary alicyclic amines) is 1. The van der Waals surface area contributed by atoms with E-state index < -0.39 is 29.6 Å². The second-order valence-electron chi connectivity index (χ2n) is 7.17. The van der Waals surface area contributed by atoms with Gasteiger partial charge in [-0.25, -0.2) is 13.9 Å². The van der Waals surface area contributed by atoms with Crippen molar-refractivity contribution in [2.45, 2.75) is 44.2 Å². The highest BCUT2D eigenvalue weighted by Gasteiger charge is 2.38. The molecular weight excluding hydrogens is 380 g/mol. The molecule has 6 nitrogen and oxygen atoms in total. The molecule has 1 saturated heterocycles. The Morgan fingerprint density at radius 1 is 1.25 bits per heavy atom. The average molecular weight is 398 g/mol. The zero-order chi connectivity index (χ0) is 20.1. The molecule has 150 valence electrons. The third-order valence-corrected chi connectivity index (χ3v) is 5.15. The monoisotopic (exact) mass is 398 g/mol. The van der Waals surface area contributed by atoms with Gasteiger partial charge in [0.2, 0.25) is 5.91 Å². The van der Waals surface area contributed by atoms with E-state index >= 15 is 0 Å². The van der Waals surface area contributed by atoms with Crippen LogP contribution in [-0.2, 0) is 23.9 Å². The maximum Gasteiger partial charge on any atom is 0.416 e. The van der Waals surface area contributed by atoms with Crippen molar-refractivity contribution in [1.29, 1.82) is 0 Å². The Kier molecular flexibility index (Phi) is 4.51. The number of carbonyl (C=O) groups is 1. The van der Waals surface area contributed by atoms with Crippen LogP contribution in [0.4, 0.5) is 17.6 Å². The number of halogens is 4. The first-order valence-electron chi connectivity index (χ1n) is 9.01. The molecule has 1 amide bonds. The molecule has 1 atom stereocenters. The quantitative estimate of drug-likeness (QED) is 0.745. The van der Waals surface area contributed by atoms with Crippen LogP contribution in [0.5, 0.6) is 0 Å². The third kappa shape index (κ3) is 3.31. The molecule has 0 saturated carbocycles. The molecule has 2 aromatic rings. The van der Waals surface area contributed by atoms with E-state index in [1.165, 1.54) is 21.6 Å². The van der Waals surface area contributed by atoms with Gasteiger partial charge in [-0.05, 0) is 30.5 Å². The van der Waals surface area contributed by atoms with Crippen LogP contribution in [-0.4, -0.2) is 44.4 Å². The van der Waals surface area contributed by atoms with Gasteiger partial charge in [0.1, 0.15) is 18.0 Å². The van der Waals surface area contributed by atoms with Gasteiger partial charge in [-0.2, -0.15) is 18.3 Å². The molecule has 0 N–H and O–H groups in total. The molecule has 4 rings (SSSR count). The first-order valence-corrected chi connectivity index (χ1v) is 9.01. The smallest absolute Gasteiger partial charge is 0.335 e. The predicted molar refractivity (Wildman–Crippen MR) is 90.5 cm³/mol. The maximum atomic E-state index is 13.1. The number of amides is 1. The lowest BCUT2D eigenvalue weighted by atomic mass is 10.0.